The van der Waals surface area contributed by atoms with Crippen molar-refractivity contribution in [3.63, 3.8) is 0 Å². The molecule has 0 aliphatic heterocycles. The third-order valence-electron chi connectivity index (χ3n) is 4.75. The van der Waals surface area contributed by atoms with Crippen LogP contribution < -0.4 is 15.6 Å². The van der Waals surface area contributed by atoms with Gasteiger partial charge in [-0.15, -0.1) is 0 Å². The van der Waals surface area contributed by atoms with Gasteiger partial charge < -0.3 is 14.8 Å². The van der Waals surface area contributed by atoms with Crippen LogP contribution in [0.3, 0.4) is 0 Å². The van der Waals surface area contributed by atoms with Crippen LogP contribution >= 0.6 is 15.9 Å². The number of aromatic nitrogens is 2. The lowest BCUT2D eigenvalue weighted by atomic mass is 10.1. The van der Waals surface area contributed by atoms with Gasteiger partial charge in [0.1, 0.15) is 35.1 Å². The smallest absolute Gasteiger partial charge is 0.291 e. The van der Waals surface area contributed by atoms with Gasteiger partial charge in [-0.1, -0.05) is 24.3 Å². The Kier molecular flexibility index (Phi) is 8.29. The van der Waals surface area contributed by atoms with Gasteiger partial charge in [0.25, 0.3) is 5.56 Å². The molecule has 3 aromatic rings. The second kappa shape index (κ2) is 11.2. The molecule has 0 aliphatic rings. The molecule has 10 heteroatoms. The number of nitrogens with zero attached hydrogens (tertiary/aromatic N) is 2. The van der Waals surface area contributed by atoms with Crippen LogP contribution in [0.2, 0.25) is 0 Å². The molecule has 1 amide bonds. The summed E-state index contributed by atoms with van der Waals surface area (Å²) in [5, 5.41) is 2.76. The molecule has 174 valence electrons. The summed E-state index contributed by atoms with van der Waals surface area (Å²) in [4.78, 5) is 27.9. The third kappa shape index (κ3) is 6.45. The van der Waals surface area contributed by atoms with E-state index in [0.29, 0.717) is 18.9 Å². The molecule has 1 N–H and O–H groups in total. The van der Waals surface area contributed by atoms with Crippen molar-refractivity contribution in [2.75, 3.05) is 13.7 Å². The summed E-state index contributed by atoms with van der Waals surface area (Å²) >= 11 is 3.22. The van der Waals surface area contributed by atoms with E-state index in [-0.39, 0.29) is 35.0 Å². The van der Waals surface area contributed by atoms with E-state index in [9.17, 15) is 18.4 Å². The van der Waals surface area contributed by atoms with E-state index in [1.165, 1.54) is 13.2 Å². The molecular formula is C23H22BrF2N3O4. The molecule has 0 atom stereocenters. The Morgan fingerprint density at radius 2 is 1.94 bits per heavy atom. The number of methoxy groups -OCH3 is 1. The van der Waals surface area contributed by atoms with E-state index >= 15 is 0 Å². The number of ether oxygens (including phenoxy) is 2. The number of nitrogens with one attached hydrogen (secondary N) is 1. The first kappa shape index (κ1) is 24.5. The predicted molar refractivity (Wildman–Crippen MR) is 121 cm³/mol. The molecule has 0 spiro atoms. The number of halogens is 3. The fraction of sp³-hybridized carbons (Fsp3) is 0.261. The van der Waals surface area contributed by atoms with Gasteiger partial charge in [-0.3, -0.25) is 14.2 Å². The van der Waals surface area contributed by atoms with Gasteiger partial charge in [-0.25, -0.2) is 8.78 Å². The fourth-order valence-corrected chi connectivity index (χ4v) is 3.55. The maximum absolute atomic E-state index is 14.0. The topological polar surface area (TPSA) is 82.5 Å². The van der Waals surface area contributed by atoms with Crippen LogP contribution in [-0.2, 0) is 29.2 Å². The minimum Gasteiger partial charge on any atom is -0.473 e. The van der Waals surface area contributed by atoms with Crippen LogP contribution in [0.4, 0.5) is 8.78 Å². The van der Waals surface area contributed by atoms with E-state index < -0.39 is 17.2 Å². The molecule has 0 bridgehead atoms. The number of carbonyl (C=O) groups is 1. The first-order chi connectivity index (χ1) is 15.8. The third-order valence-corrected chi connectivity index (χ3v) is 5.43. The summed E-state index contributed by atoms with van der Waals surface area (Å²) in [6, 6.07) is 10.7. The second-order valence-corrected chi connectivity index (χ2v) is 8.02. The summed E-state index contributed by atoms with van der Waals surface area (Å²) in [6.07, 6.45) is 0. The van der Waals surface area contributed by atoms with E-state index in [1.54, 1.807) is 11.5 Å². The molecule has 7 nitrogen and oxygen atoms in total. The van der Waals surface area contributed by atoms with Crippen LogP contribution in [-0.4, -0.2) is 29.2 Å². The normalized spacial score (nSPS) is 10.8. The van der Waals surface area contributed by atoms with Crippen molar-refractivity contribution in [1.82, 2.24) is 14.9 Å². The first-order valence-corrected chi connectivity index (χ1v) is 10.7. The fourth-order valence-electron chi connectivity index (χ4n) is 3.13. The Bertz CT molecular complexity index is 1220. The summed E-state index contributed by atoms with van der Waals surface area (Å²) in [7, 11) is 1.45. The molecule has 0 radical (unpaired) electrons. The number of hydrogen-bond donors (Lipinski definition) is 1. The van der Waals surface area contributed by atoms with Crippen molar-refractivity contribution in [3.05, 3.63) is 91.4 Å². The highest BCUT2D eigenvalue weighted by Gasteiger charge is 2.16. The van der Waals surface area contributed by atoms with E-state index in [0.717, 1.165) is 23.3 Å². The zero-order chi connectivity index (χ0) is 24.0. The van der Waals surface area contributed by atoms with Crippen molar-refractivity contribution >= 4 is 21.8 Å². The van der Waals surface area contributed by atoms with Crippen molar-refractivity contribution in [2.24, 2.45) is 0 Å². The number of aryl methyl sites for hydroxylation is 1. The zero-order valence-corrected chi connectivity index (χ0v) is 19.6. The number of benzene rings is 2. The highest BCUT2D eigenvalue weighted by atomic mass is 79.9. The summed E-state index contributed by atoms with van der Waals surface area (Å²) in [5.41, 5.74) is 1.36. The number of carbonyl (C=O) groups excluding carboxylic acids is 1. The molecular weight excluding hydrogens is 500 g/mol. The maximum Gasteiger partial charge on any atom is 0.291 e. The lowest BCUT2D eigenvalue weighted by Crippen LogP contribution is -2.26. The Hall–Kier alpha value is -3.11. The maximum atomic E-state index is 14.0. The minimum absolute atomic E-state index is 0.0225. The van der Waals surface area contributed by atoms with Gasteiger partial charge in [0.2, 0.25) is 11.8 Å². The predicted octanol–water partition coefficient (Wildman–Crippen LogP) is 3.48. The first-order valence-electron chi connectivity index (χ1n) is 9.95. The molecule has 1 heterocycles. The lowest BCUT2D eigenvalue weighted by Gasteiger charge is -2.18. The van der Waals surface area contributed by atoms with Crippen LogP contribution in [0.1, 0.15) is 22.5 Å². The van der Waals surface area contributed by atoms with Crippen molar-refractivity contribution in [3.8, 4) is 5.88 Å². The molecule has 2 aromatic carbocycles. The van der Waals surface area contributed by atoms with Gasteiger partial charge in [0, 0.05) is 25.3 Å². The van der Waals surface area contributed by atoms with Crippen LogP contribution in [0.15, 0.2) is 51.7 Å². The minimum atomic E-state index is -0.742. The Balaban J connectivity index is 1.84. The molecule has 0 aliphatic carbocycles. The highest BCUT2D eigenvalue weighted by molar-refractivity contribution is 9.10. The second-order valence-electron chi connectivity index (χ2n) is 7.22. The monoisotopic (exact) mass is 521 g/mol. The zero-order valence-electron chi connectivity index (χ0n) is 18.0. The van der Waals surface area contributed by atoms with Crippen LogP contribution in [0.25, 0.3) is 0 Å². The Labute approximate surface area is 197 Å². The van der Waals surface area contributed by atoms with E-state index in [2.05, 4.69) is 26.2 Å². The van der Waals surface area contributed by atoms with Gasteiger partial charge in [0.15, 0.2) is 0 Å². The quantitative estimate of drug-likeness (QED) is 0.466. The van der Waals surface area contributed by atoms with Crippen molar-refractivity contribution in [2.45, 2.75) is 26.6 Å². The standard InChI is InChI=1S/C23H22BrF2N3O4/c1-14-28-22(31)21(24)23(33-12-17-6-7-18(25)9-19(17)26)29(14)11-16-5-3-4-15(8-16)10-27-20(30)13-32-2/h3-9H,10-13H2,1-2H3,(H,27,30). The summed E-state index contributed by atoms with van der Waals surface area (Å²) in [6.45, 7) is 2.06. The largest absolute Gasteiger partial charge is 0.473 e. The molecule has 33 heavy (non-hydrogen) atoms. The van der Waals surface area contributed by atoms with Gasteiger partial charge in [0.05, 0.1) is 6.54 Å². The molecule has 0 unspecified atom stereocenters. The van der Waals surface area contributed by atoms with Gasteiger partial charge in [-0.2, -0.15) is 4.98 Å². The lowest BCUT2D eigenvalue weighted by molar-refractivity contribution is -0.124. The van der Waals surface area contributed by atoms with Crippen LogP contribution in [0.5, 0.6) is 5.88 Å². The number of rotatable bonds is 9. The highest BCUT2D eigenvalue weighted by Crippen LogP contribution is 2.25. The average molecular weight is 522 g/mol. The summed E-state index contributed by atoms with van der Waals surface area (Å²) < 4.78 is 39.6. The molecule has 3 rings (SSSR count). The number of hydrogen-bond acceptors (Lipinski definition) is 5. The van der Waals surface area contributed by atoms with E-state index in [1.807, 2.05) is 24.3 Å². The Morgan fingerprint density at radius 1 is 1.18 bits per heavy atom. The molecule has 0 saturated carbocycles. The number of amides is 1. The molecule has 0 saturated heterocycles. The van der Waals surface area contributed by atoms with Crippen molar-refractivity contribution < 1.29 is 23.0 Å². The SMILES string of the molecule is COCC(=O)NCc1cccc(Cn2c(C)nc(=O)c(Br)c2OCc2ccc(F)cc2F)c1. The van der Waals surface area contributed by atoms with Gasteiger partial charge in [-0.05, 0) is 46.1 Å². The van der Waals surface area contributed by atoms with E-state index in [4.69, 9.17) is 9.47 Å². The van der Waals surface area contributed by atoms with Crippen molar-refractivity contribution in [1.29, 1.82) is 0 Å². The van der Waals surface area contributed by atoms with Gasteiger partial charge >= 0.3 is 0 Å². The molecule has 0 fully saturated rings. The Morgan fingerprint density at radius 3 is 2.67 bits per heavy atom. The molecule has 1 aromatic heterocycles. The average Bonchev–Trinajstić information content (AvgIpc) is 2.77. The summed E-state index contributed by atoms with van der Waals surface area (Å²) in [5.74, 6) is -1.08. The van der Waals surface area contributed by atoms with Crippen LogP contribution in [0, 0.1) is 18.6 Å².